The van der Waals surface area contributed by atoms with Crippen LogP contribution < -0.4 is 10.5 Å². The van der Waals surface area contributed by atoms with Gasteiger partial charge in [-0.15, -0.1) is 0 Å². The summed E-state index contributed by atoms with van der Waals surface area (Å²) >= 11 is 0. The van der Waals surface area contributed by atoms with Gasteiger partial charge in [-0.05, 0) is 48.9 Å². The zero-order valence-electron chi connectivity index (χ0n) is 12.2. The molecule has 2 aromatic rings. The average molecular weight is 285 g/mol. The lowest BCUT2D eigenvalue weighted by Gasteiger charge is -2.24. The fraction of sp³-hybridized carbons (Fsp3) is 0.333. The lowest BCUT2D eigenvalue weighted by molar-refractivity contribution is 0.161. The van der Waals surface area contributed by atoms with Crippen LogP contribution in [0.5, 0.6) is 5.75 Å². The summed E-state index contributed by atoms with van der Waals surface area (Å²) < 4.78 is 19.6. The van der Waals surface area contributed by atoms with E-state index in [4.69, 9.17) is 10.5 Å². The van der Waals surface area contributed by atoms with E-state index in [1.54, 1.807) is 13.0 Å². The average Bonchev–Trinajstić information content (AvgIpc) is 2.64. The minimum atomic E-state index is -0.241. The Labute approximate surface area is 124 Å². The van der Waals surface area contributed by atoms with Crippen molar-refractivity contribution in [3.63, 3.8) is 0 Å². The molecular formula is C18H20FNO. The molecule has 0 aliphatic heterocycles. The summed E-state index contributed by atoms with van der Waals surface area (Å²) in [6.07, 6.45) is 2.82. The number of rotatable bonds is 2. The van der Waals surface area contributed by atoms with Gasteiger partial charge >= 0.3 is 0 Å². The molecule has 0 aromatic heterocycles. The zero-order chi connectivity index (χ0) is 14.8. The topological polar surface area (TPSA) is 35.2 Å². The Morgan fingerprint density at radius 3 is 2.81 bits per heavy atom. The van der Waals surface area contributed by atoms with E-state index in [1.807, 2.05) is 18.2 Å². The summed E-state index contributed by atoms with van der Waals surface area (Å²) in [5.74, 6) is 0.313. The van der Waals surface area contributed by atoms with Crippen LogP contribution >= 0.6 is 0 Å². The summed E-state index contributed by atoms with van der Waals surface area (Å²) in [6.45, 7) is 1.74. The fourth-order valence-corrected chi connectivity index (χ4v) is 2.91. The van der Waals surface area contributed by atoms with E-state index in [0.29, 0.717) is 11.3 Å². The molecule has 3 rings (SSSR count). The van der Waals surface area contributed by atoms with Gasteiger partial charge in [0.2, 0.25) is 0 Å². The van der Waals surface area contributed by atoms with Gasteiger partial charge < -0.3 is 10.5 Å². The lowest BCUT2D eigenvalue weighted by Crippen LogP contribution is -2.31. The third-order valence-corrected chi connectivity index (χ3v) is 4.18. The molecule has 0 amide bonds. The molecule has 21 heavy (non-hydrogen) atoms. The Hall–Kier alpha value is -1.87. The second kappa shape index (κ2) is 5.86. The van der Waals surface area contributed by atoms with E-state index in [-0.39, 0.29) is 18.0 Å². The van der Waals surface area contributed by atoms with Crippen molar-refractivity contribution in [3.05, 3.63) is 65.0 Å². The molecule has 1 aliphatic rings. The number of hydrogen-bond donors (Lipinski definition) is 1. The summed E-state index contributed by atoms with van der Waals surface area (Å²) in [7, 11) is 0. The molecule has 110 valence electrons. The van der Waals surface area contributed by atoms with Crippen LogP contribution in [-0.4, -0.2) is 6.10 Å². The SMILES string of the molecule is Cc1ccc(OC2CCCc3ccccc3C2N)cc1F. The standard InChI is InChI=1S/C18H20FNO/c1-12-9-10-14(11-16(12)19)21-17-8-4-6-13-5-2-3-7-15(13)18(17)20/h2-3,5,7,9-11,17-18H,4,6,8,20H2,1H3. The van der Waals surface area contributed by atoms with Crippen LogP contribution in [-0.2, 0) is 6.42 Å². The van der Waals surface area contributed by atoms with Gasteiger partial charge in [0.1, 0.15) is 17.7 Å². The molecule has 0 heterocycles. The highest BCUT2D eigenvalue weighted by atomic mass is 19.1. The van der Waals surface area contributed by atoms with E-state index in [9.17, 15) is 4.39 Å². The Morgan fingerprint density at radius 1 is 1.19 bits per heavy atom. The van der Waals surface area contributed by atoms with Crippen LogP contribution in [0.4, 0.5) is 4.39 Å². The van der Waals surface area contributed by atoms with Crippen molar-refractivity contribution in [2.24, 2.45) is 5.73 Å². The van der Waals surface area contributed by atoms with Crippen molar-refractivity contribution in [1.29, 1.82) is 0 Å². The number of halogens is 1. The Morgan fingerprint density at radius 2 is 2.00 bits per heavy atom. The van der Waals surface area contributed by atoms with Gasteiger partial charge in [-0.1, -0.05) is 30.3 Å². The van der Waals surface area contributed by atoms with Crippen molar-refractivity contribution in [2.75, 3.05) is 0 Å². The Bertz CT molecular complexity index is 641. The number of aryl methyl sites for hydroxylation is 2. The van der Waals surface area contributed by atoms with Crippen LogP contribution in [0, 0.1) is 12.7 Å². The molecule has 0 saturated carbocycles. The number of benzene rings is 2. The van der Waals surface area contributed by atoms with E-state index in [1.165, 1.54) is 11.6 Å². The number of nitrogens with two attached hydrogens (primary N) is 1. The minimum absolute atomic E-state index is 0.115. The molecule has 0 bridgehead atoms. The first kappa shape index (κ1) is 14.1. The quantitative estimate of drug-likeness (QED) is 0.849. The van der Waals surface area contributed by atoms with Gasteiger partial charge in [-0.3, -0.25) is 0 Å². The third-order valence-electron chi connectivity index (χ3n) is 4.18. The molecule has 3 heteroatoms. The van der Waals surface area contributed by atoms with Gasteiger partial charge in [0.05, 0.1) is 6.04 Å². The number of hydrogen-bond acceptors (Lipinski definition) is 2. The fourth-order valence-electron chi connectivity index (χ4n) is 2.91. The van der Waals surface area contributed by atoms with Crippen molar-refractivity contribution in [3.8, 4) is 5.75 Å². The highest BCUT2D eigenvalue weighted by molar-refractivity contribution is 5.33. The molecule has 2 nitrogen and oxygen atoms in total. The first-order chi connectivity index (χ1) is 10.1. The Kier molecular flexibility index (Phi) is 3.93. The summed E-state index contributed by atoms with van der Waals surface area (Å²) in [6, 6.07) is 13.1. The van der Waals surface area contributed by atoms with Crippen molar-refractivity contribution in [1.82, 2.24) is 0 Å². The largest absolute Gasteiger partial charge is 0.488 e. The van der Waals surface area contributed by atoms with Crippen molar-refractivity contribution >= 4 is 0 Å². The van der Waals surface area contributed by atoms with Gasteiger partial charge in [-0.2, -0.15) is 0 Å². The number of fused-ring (bicyclic) bond motifs is 1. The highest BCUT2D eigenvalue weighted by Crippen LogP contribution is 2.30. The van der Waals surface area contributed by atoms with Crippen molar-refractivity contribution in [2.45, 2.75) is 38.3 Å². The van der Waals surface area contributed by atoms with Gasteiger partial charge in [-0.25, -0.2) is 4.39 Å². The van der Waals surface area contributed by atoms with Gasteiger partial charge in [0.25, 0.3) is 0 Å². The first-order valence-corrected chi connectivity index (χ1v) is 7.41. The van der Waals surface area contributed by atoms with Crippen LogP contribution in [0.1, 0.15) is 35.6 Å². The third kappa shape index (κ3) is 2.93. The van der Waals surface area contributed by atoms with E-state index < -0.39 is 0 Å². The molecule has 2 unspecified atom stereocenters. The molecule has 2 aromatic carbocycles. The molecular weight excluding hydrogens is 265 g/mol. The monoisotopic (exact) mass is 285 g/mol. The molecule has 1 aliphatic carbocycles. The molecule has 0 fully saturated rings. The van der Waals surface area contributed by atoms with Crippen LogP contribution in [0.2, 0.25) is 0 Å². The van der Waals surface area contributed by atoms with E-state index in [0.717, 1.165) is 24.8 Å². The predicted octanol–water partition coefficient (Wildman–Crippen LogP) is 3.92. The van der Waals surface area contributed by atoms with E-state index in [2.05, 4.69) is 12.1 Å². The smallest absolute Gasteiger partial charge is 0.129 e. The van der Waals surface area contributed by atoms with E-state index >= 15 is 0 Å². The number of ether oxygens (including phenoxy) is 1. The normalized spacial score (nSPS) is 21.5. The lowest BCUT2D eigenvalue weighted by atomic mass is 9.98. The van der Waals surface area contributed by atoms with Crippen LogP contribution in [0.15, 0.2) is 42.5 Å². The maximum absolute atomic E-state index is 13.6. The van der Waals surface area contributed by atoms with Crippen LogP contribution in [0.3, 0.4) is 0 Å². The first-order valence-electron chi connectivity index (χ1n) is 7.41. The molecule has 2 atom stereocenters. The molecule has 2 N–H and O–H groups in total. The zero-order valence-corrected chi connectivity index (χ0v) is 12.2. The maximum atomic E-state index is 13.6. The highest BCUT2D eigenvalue weighted by Gasteiger charge is 2.26. The van der Waals surface area contributed by atoms with Gasteiger partial charge in [0, 0.05) is 6.07 Å². The molecule has 0 saturated heterocycles. The second-order valence-corrected chi connectivity index (χ2v) is 5.68. The van der Waals surface area contributed by atoms with Crippen molar-refractivity contribution < 1.29 is 9.13 Å². The predicted molar refractivity (Wildman–Crippen MR) is 81.9 cm³/mol. The summed E-state index contributed by atoms with van der Waals surface area (Å²) in [5.41, 5.74) is 9.45. The maximum Gasteiger partial charge on any atom is 0.129 e. The minimum Gasteiger partial charge on any atom is -0.488 e. The summed E-state index contributed by atoms with van der Waals surface area (Å²) in [4.78, 5) is 0. The van der Waals surface area contributed by atoms with Crippen LogP contribution in [0.25, 0.3) is 0 Å². The second-order valence-electron chi connectivity index (χ2n) is 5.68. The summed E-state index contributed by atoms with van der Waals surface area (Å²) in [5, 5.41) is 0. The molecule has 0 radical (unpaired) electrons. The van der Waals surface area contributed by atoms with Gasteiger partial charge in [0.15, 0.2) is 0 Å². The Balaban J connectivity index is 1.84. The molecule has 0 spiro atoms.